The number of nitrogens with zero attached hydrogens (tertiary/aromatic N) is 2. The van der Waals surface area contributed by atoms with Crippen molar-refractivity contribution in [2.75, 3.05) is 19.6 Å². The minimum absolute atomic E-state index is 0.00950. The number of aliphatic hydroxyl groups excluding tert-OH is 1. The van der Waals surface area contributed by atoms with Crippen LogP contribution in [0.3, 0.4) is 0 Å². The molecule has 0 aromatic heterocycles. The van der Waals surface area contributed by atoms with Crippen molar-refractivity contribution < 1.29 is 36.8 Å². The maximum atomic E-state index is 14.0. The van der Waals surface area contributed by atoms with Gasteiger partial charge in [-0.15, -0.1) is 0 Å². The van der Waals surface area contributed by atoms with Crippen molar-refractivity contribution in [2.24, 2.45) is 11.3 Å². The fraction of sp³-hybridized carbons (Fsp3) is 0.429. The first kappa shape index (κ1) is 40.1. The zero-order chi connectivity index (χ0) is 37.2. The number of nitro groups is 1. The summed E-state index contributed by atoms with van der Waals surface area (Å²) in [5.74, 6) is -2.64. The number of hydrogen-bond acceptors (Lipinski definition) is 8. The number of hydrogen-bond donors (Lipinski definition) is 4. The molecule has 0 fully saturated rings. The average Bonchev–Trinajstić information content (AvgIpc) is 3.04. The van der Waals surface area contributed by atoms with Gasteiger partial charge in [-0.1, -0.05) is 65.0 Å². The molecule has 0 aliphatic carbocycles. The van der Waals surface area contributed by atoms with E-state index in [9.17, 15) is 42.0 Å². The van der Waals surface area contributed by atoms with E-state index in [0.717, 1.165) is 52.3 Å². The number of benzene rings is 3. The van der Waals surface area contributed by atoms with Crippen LogP contribution in [0.1, 0.15) is 45.7 Å². The van der Waals surface area contributed by atoms with E-state index in [0.29, 0.717) is 0 Å². The molecule has 0 aliphatic heterocycles. The van der Waals surface area contributed by atoms with Crippen LogP contribution in [-0.2, 0) is 32.6 Å². The molecule has 0 heterocycles. The molecule has 0 saturated heterocycles. The van der Waals surface area contributed by atoms with Gasteiger partial charge < -0.3 is 21.1 Å². The zero-order valence-corrected chi connectivity index (χ0v) is 29.5. The number of nitrogens with one attached hydrogen (secondary N) is 3. The minimum Gasteiger partial charge on any atom is -0.390 e. The summed E-state index contributed by atoms with van der Waals surface area (Å²) in [6.45, 7) is 7.95. The van der Waals surface area contributed by atoms with Crippen molar-refractivity contribution in [3.05, 3.63) is 106 Å². The first-order valence-electron chi connectivity index (χ1n) is 16.1. The first-order chi connectivity index (χ1) is 23.4. The molecule has 50 heavy (non-hydrogen) atoms. The monoisotopic (exact) mass is 717 g/mol. The third-order valence-corrected chi connectivity index (χ3v) is 9.62. The summed E-state index contributed by atoms with van der Waals surface area (Å²) in [4.78, 5) is 37.1. The van der Waals surface area contributed by atoms with E-state index in [2.05, 4.69) is 16.0 Å². The van der Waals surface area contributed by atoms with Crippen LogP contribution in [0.25, 0.3) is 0 Å². The molecule has 4 N–H and O–H groups in total. The smallest absolute Gasteiger partial charge is 0.269 e. The summed E-state index contributed by atoms with van der Waals surface area (Å²) in [5, 5.41) is 31.0. The van der Waals surface area contributed by atoms with Gasteiger partial charge in [-0.25, -0.2) is 17.2 Å². The average molecular weight is 718 g/mol. The highest BCUT2D eigenvalue weighted by Crippen LogP contribution is 2.23. The summed E-state index contributed by atoms with van der Waals surface area (Å²) in [5.41, 5.74) is -0.320. The van der Waals surface area contributed by atoms with Crippen LogP contribution < -0.4 is 16.0 Å². The van der Waals surface area contributed by atoms with Gasteiger partial charge in [-0.3, -0.25) is 19.7 Å². The summed E-state index contributed by atoms with van der Waals surface area (Å²) < 4.78 is 56.1. The maximum Gasteiger partial charge on any atom is 0.269 e. The lowest BCUT2D eigenvalue weighted by molar-refractivity contribution is -0.384. The molecule has 3 unspecified atom stereocenters. The highest BCUT2D eigenvalue weighted by atomic mass is 32.2. The second-order valence-electron chi connectivity index (χ2n) is 13.5. The largest absolute Gasteiger partial charge is 0.390 e. The Morgan fingerprint density at radius 1 is 0.960 bits per heavy atom. The van der Waals surface area contributed by atoms with Crippen LogP contribution >= 0.6 is 0 Å². The molecule has 0 aliphatic rings. The fourth-order valence-electron chi connectivity index (χ4n) is 5.20. The number of sulfonamides is 1. The molecule has 272 valence electrons. The highest BCUT2D eigenvalue weighted by Gasteiger charge is 2.36. The molecular weight excluding hydrogens is 672 g/mol. The van der Waals surface area contributed by atoms with E-state index < -0.39 is 68.5 Å². The lowest BCUT2D eigenvalue weighted by Gasteiger charge is -2.34. The van der Waals surface area contributed by atoms with E-state index in [4.69, 9.17) is 0 Å². The van der Waals surface area contributed by atoms with Gasteiger partial charge in [0.2, 0.25) is 21.8 Å². The number of nitro benzene ring substituents is 1. The molecule has 15 heteroatoms. The lowest BCUT2D eigenvalue weighted by Crippen LogP contribution is -2.59. The minimum atomic E-state index is -4.23. The maximum absolute atomic E-state index is 14.0. The lowest BCUT2D eigenvalue weighted by atomic mass is 9.85. The highest BCUT2D eigenvalue weighted by molar-refractivity contribution is 7.89. The van der Waals surface area contributed by atoms with E-state index in [1.54, 1.807) is 65.0 Å². The topological polar surface area (TPSA) is 171 Å². The third-order valence-electron chi connectivity index (χ3n) is 7.78. The van der Waals surface area contributed by atoms with Crippen molar-refractivity contribution in [3.63, 3.8) is 0 Å². The van der Waals surface area contributed by atoms with Crippen LogP contribution in [0.5, 0.6) is 0 Å². The predicted octanol–water partition coefficient (Wildman–Crippen LogP) is 3.93. The van der Waals surface area contributed by atoms with E-state index in [1.807, 2.05) is 0 Å². The molecular formula is C35H45F2N5O7S. The van der Waals surface area contributed by atoms with Gasteiger partial charge in [0.15, 0.2) is 0 Å². The number of amides is 2. The Morgan fingerprint density at radius 3 is 2.18 bits per heavy atom. The van der Waals surface area contributed by atoms with E-state index in [1.165, 1.54) is 0 Å². The van der Waals surface area contributed by atoms with Crippen molar-refractivity contribution in [2.45, 2.75) is 70.7 Å². The Kier molecular flexibility index (Phi) is 14.1. The predicted molar refractivity (Wildman–Crippen MR) is 184 cm³/mol. The molecule has 12 nitrogen and oxygen atoms in total. The summed E-state index contributed by atoms with van der Waals surface area (Å²) in [7, 11) is -4.23. The van der Waals surface area contributed by atoms with Crippen LogP contribution in [0.15, 0.2) is 77.7 Å². The fourth-order valence-corrected chi connectivity index (χ4v) is 6.82. The van der Waals surface area contributed by atoms with Crippen molar-refractivity contribution in [1.82, 2.24) is 20.3 Å². The molecule has 0 spiro atoms. The number of aliphatic hydroxyl groups is 1. The molecule has 3 aromatic carbocycles. The number of non-ortho nitro benzene ring substituents is 1. The van der Waals surface area contributed by atoms with Crippen molar-refractivity contribution >= 4 is 27.5 Å². The van der Waals surface area contributed by atoms with Crippen LogP contribution in [-0.4, -0.2) is 72.4 Å². The SMILES string of the molecule is CC(C)CN(CC(O)C(Cc1ccccc1)NC(=O)C(NC(=O)CNCc1cc(F)ccc1F)C(C)(C)C)S(=O)(=O)c1ccc([N+](=O)[O-])cc1. The number of rotatable bonds is 17. The molecule has 0 bridgehead atoms. The summed E-state index contributed by atoms with van der Waals surface area (Å²) >= 11 is 0. The quantitative estimate of drug-likeness (QED) is 0.120. The molecule has 3 atom stereocenters. The summed E-state index contributed by atoms with van der Waals surface area (Å²) in [6.07, 6.45) is -1.31. The normalized spacial score (nSPS) is 13.9. The van der Waals surface area contributed by atoms with Gasteiger partial charge in [0.25, 0.3) is 5.69 Å². The van der Waals surface area contributed by atoms with Gasteiger partial charge >= 0.3 is 0 Å². The second-order valence-corrected chi connectivity index (χ2v) is 15.5. The zero-order valence-electron chi connectivity index (χ0n) is 28.7. The molecule has 3 rings (SSSR count). The molecule has 2 amide bonds. The van der Waals surface area contributed by atoms with Crippen molar-refractivity contribution in [1.29, 1.82) is 0 Å². The number of halogens is 2. The summed E-state index contributed by atoms with van der Waals surface area (Å²) in [6, 6.07) is 14.3. The van der Waals surface area contributed by atoms with Crippen LogP contribution in [0.2, 0.25) is 0 Å². The molecule has 3 aromatic rings. The number of carbonyl (C=O) groups excluding carboxylic acids is 2. The standard InChI is InChI=1S/C35H45F2N5O7S/c1-23(2)21-41(50(48,49)28-14-12-27(13-15-28)42(46)47)22-31(43)30(17-24-9-7-6-8-10-24)39-34(45)33(35(3,4)5)40-32(44)20-38-19-25-18-26(36)11-16-29(25)37/h6-16,18,23,30-31,33,38,43H,17,19-22H2,1-5H3,(H,39,45)(H,40,44). The first-order valence-corrected chi connectivity index (χ1v) is 17.5. The Hall–Kier alpha value is -4.31. The Bertz CT molecular complexity index is 1720. The second kappa shape index (κ2) is 17.6. The van der Waals surface area contributed by atoms with Crippen LogP contribution in [0, 0.1) is 33.1 Å². The van der Waals surface area contributed by atoms with Gasteiger partial charge in [0, 0.05) is 37.3 Å². The van der Waals surface area contributed by atoms with Gasteiger partial charge in [0.05, 0.1) is 28.5 Å². The van der Waals surface area contributed by atoms with Gasteiger partial charge in [-0.2, -0.15) is 4.31 Å². The number of carbonyl (C=O) groups is 2. The Balaban J connectivity index is 1.82. The molecule has 0 saturated carbocycles. The van der Waals surface area contributed by atoms with Gasteiger partial charge in [-0.05, 0) is 53.6 Å². The van der Waals surface area contributed by atoms with E-state index >= 15 is 0 Å². The van der Waals surface area contributed by atoms with Crippen LogP contribution in [0.4, 0.5) is 14.5 Å². The van der Waals surface area contributed by atoms with E-state index in [-0.39, 0.29) is 48.1 Å². The Labute approximate surface area is 291 Å². The van der Waals surface area contributed by atoms with Gasteiger partial charge in [0.1, 0.15) is 17.7 Å². The third kappa shape index (κ3) is 11.6. The Morgan fingerprint density at radius 2 is 1.60 bits per heavy atom. The van der Waals surface area contributed by atoms with Crippen molar-refractivity contribution in [3.8, 4) is 0 Å². The molecule has 0 radical (unpaired) electrons.